The highest BCUT2D eigenvalue weighted by molar-refractivity contribution is 7.80. The molecular weight excluding hydrogens is 146 g/mol. The van der Waals surface area contributed by atoms with E-state index in [1.54, 1.807) is 0 Å². The Morgan fingerprint density at radius 1 is 1.70 bits per heavy atom. The van der Waals surface area contributed by atoms with Crippen LogP contribution in [0.1, 0.15) is 17.6 Å². The average molecular weight is 157 g/mol. The molecule has 0 aliphatic rings. The van der Waals surface area contributed by atoms with E-state index < -0.39 is 0 Å². The quantitative estimate of drug-likeness (QED) is 0.639. The van der Waals surface area contributed by atoms with Gasteiger partial charge in [-0.25, -0.2) is 0 Å². The third kappa shape index (κ3) is 1.55. The summed E-state index contributed by atoms with van der Waals surface area (Å²) in [6, 6.07) is 3.71. The van der Waals surface area contributed by atoms with Crippen LogP contribution in [0.3, 0.4) is 0 Å². The smallest absolute Gasteiger partial charge is 0.121 e. The molecule has 1 aromatic rings. The average Bonchev–Trinajstić information content (AvgIpc) is 2.34. The highest BCUT2D eigenvalue weighted by atomic mass is 32.1. The fourth-order valence-electron chi connectivity index (χ4n) is 0.743. The molecule has 0 aliphatic carbocycles. The molecule has 0 radical (unpaired) electrons. The summed E-state index contributed by atoms with van der Waals surface area (Å²) in [5.74, 6) is 2.33. The van der Waals surface area contributed by atoms with Gasteiger partial charge >= 0.3 is 0 Å². The standard InChI is InChI=1S/C7H11NOS/c1-5-2-3-7(9-5)6(8)4-10/h2-3,6,10H,4,8H2,1H3. The van der Waals surface area contributed by atoms with Crippen molar-refractivity contribution in [1.29, 1.82) is 0 Å². The summed E-state index contributed by atoms with van der Waals surface area (Å²) in [6.07, 6.45) is 0. The lowest BCUT2D eigenvalue weighted by molar-refractivity contribution is 0.460. The molecule has 0 saturated carbocycles. The van der Waals surface area contributed by atoms with Crippen molar-refractivity contribution in [2.45, 2.75) is 13.0 Å². The van der Waals surface area contributed by atoms with E-state index in [4.69, 9.17) is 10.2 Å². The lowest BCUT2D eigenvalue weighted by Gasteiger charge is -2.01. The Balaban J connectivity index is 2.74. The van der Waals surface area contributed by atoms with Gasteiger partial charge in [-0.15, -0.1) is 0 Å². The normalized spacial score (nSPS) is 13.5. The fourth-order valence-corrected chi connectivity index (χ4v) is 0.923. The minimum Gasteiger partial charge on any atom is -0.465 e. The van der Waals surface area contributed by atoms with Gasteiger partial charge in [0.1, 0.15) is 11.5 Å². The zero-order chi connectivity index (χ0) is 7.56. The van der Waals surface area contributed by atoms with Crippen molar-refractivity contribution in [3.05, 3.63) is 23.7 Å². The first kappa shape index (κ1) is 7.69. The molecule has 0 saturated heterocycles. The summed E-state index contributed by atoms with van der Waals surface area (Å²) in [6.45, 7) is 1.90. The maximum atomic E-state index is 5.64. The summed E-state index contributed by atoms with van der Waals surface area (Å²) in [5.41, 5.74) is 5.64. The topological polar surface area (TPSA) is 39.2 Å². The Morgan fingerprint density at radius 2 is 2.40 bits per heavy atom. The zero-order valence-corrected chi connectivity index (χ0v) is 6.77. The highest BCUT2D eigenvalue weighted by Crippen LogP contribution is 2.14. The minimum absolute atomic E-state index is 0.0722. The molecule has 0 fully saturated rings. The molecule has 0 aliphatic heterocycles. The first-order valence-corrected chi connectivity index (χ1v) is 3.80. The molecule has 1 atom stereocenters. The second kappa shape index (κ2) is 3.12. The molecule has 0 aromatic carbocycles. The maximum Gasteiger partial charge on any atom is 0.121 e. The molecule has 2 nitrogen and oxygen atoms in total. The number of aryl methyl sites for hydroxylation is 1. The predicted octanol–water partition coefficient (Wildman–Crippen LogP) is 1.52. The summed E-state index contributed by atoms with van der Waals surface area (Å²) < 4.78 is 5.26. The number of hydrogen-bond acceptors (Lipinski definition) is 3. The monoisotopic (exact) mass is 157 g/mol. The van der Waals surface area contributed by atoms with E-state index in [-0.39, 0.29) is 6.04 Å². The van der Waals surface area contributed by atoms with Gasteiger partial charge in [-0.2, -0.15) is 12.6 Å². The van der Waals surface area contributed by atoms with Crippen LogP contribution in [-0.4, -0.2) is 5.75 Å². The SMILES string of the molecule is Cc1ccc(C(N)CS)o1. The summed E-state index contributed by atoms with van der Waals surface area (Å²) in [4.78, 5) is 0. The molecule has 0 bridgehead atoms. The van der Waals surface area contributed by atoms with E-state index >= 15 is 0 Å². The second-order valence-electron chi connectivity index (χ2n) is 2.24. The highest BCUT2D eigenvalue weighted by Gasteiger charge is 2.06. The van der Waals surface area contributed by atoms with Gasteiger partial charge in [-0.05, 0) is 19.1 Å². The van der Waals surface area contributed by atoms with Crippen LogP contribution in [-0.2, 0) is 0 Å². The van der Waals surface area contributed by atoms with E-state index in [1.165, 1.54) is 0 Å². The lowest BCUT2D eigenvalue weighted by Crippen LogP contribution is -2.10. The minimum atomic E-state index is -0.0722. The second-order valence-corrected chi connectivity index (χ2v) is 2.60. The van der Waals surface area contributed by atoms with Crippen molar-refractivity contribution in [3.8, 4) is 0 Å². The molecule has 1 aromatic heterocycles. The molecule has 1 heterocycles. The van der Waals surface area contributed by atoms with E-state index in [2.05, 4.69) is 12.6 Å². The Morgan fingerprint density at radius 3 is 2.80 bits per heavy atom. The Labute approximate surface area is 65.8 Å². The van der Waals surface area contributed by atoms with Gasteiger partial charge in [-0.1, -0.05) is 0 Å². The van der Waals surface area contributed by atoms with Gasteiger partial charge in [0.2, 0.25) is 0 Å². The number of rotatable bonds is 2. The largest absolute Gasteiger partial charge is 0.465 e. The van der Waals surface area contributed by atoms with Gasteiger partial charge in [0.25, 0.3) is 0 Å². The van der Waals surface area contributed by atoms with Gasteiger partial charge in [0.05, 0.1) is 6.04 Å². The van der Waals surface area contributed by atoms with Crippen LogP contribution in [0.4, 0.5) is 0 Å². The maximum absolute atomic E-state index is 5.64. The van der Waals surface area contributed by atoms with E-state index in [1.807, 2.05) is 19.1 Å². The Kier molecular flexibility index (Phi) is 2.40. The first-order valence-electron chi connectivity index (χ1n) is 3.17. The number of furan rings is 1. The van der Waals surface area contributed by atoms with Crippen LogP contribution in [0.25, 0.3) is 0 Å². The van der Waals surface area contributed by atoms with E-state index in [0.29, 0.717) is 5.75 Å². The molecule has 2 N–H and O–H groups in total. The summed E-state index contributed by atoms with van der Waals surface area (Å²) in [7, 11) is 0. The molecule has 1 rings (SSSR count). The molecule has 56 valence electrons. The zero-order valence-electron chi connectivity index (χ0n) is 5.87. The van der Waals surface area contributed by atoms with Crippen molar-refractivity contribution in [3.63, 3.8) is 0 Å². The lowest BCUT2D eigenvalue weighted by atomic mass is 10.3. The van der Waals surface area contributed by atoms with Gasteiger partial charge in [0, 0.05) is 5.75 Å². The van der Waals surface area contributed by atoms with Crippen molar-refractivity contribution in [1.82, 2.24) is 0 Å². The van der Waals surface area contributed by atoms with Gasteiger partial charge < -0.3 is 10.2 Å². The molecular formula is C7H11NOS. The van der Waals surface area contributed by atoms with Crippen molar-refractivity contribution in [2.24, 2.45) is 5.73 Å². The van der Waals surface area contributed by atoms with Gasteiger partial charge in [-0.3, -0.25) is 0 Å². The molecule has 0 amide bonds. The number of thiol groups is 1. The fraction of sp³-hybridized carbons (Fsp3) is 0.429. The van der Waals surface area contributed by atoms with Crippen LogP contribution in [0.15, 0.2) is 16.5 Å². The number of nitrogens with two attached hydrogens (primary N) is 1. The van der Waals surface area contributed by atoms with E-state index in [0.717, 1.165) is 11.5 Å². The summed E-state index contributed by atoms with van der Waals surface area (Å²) >= 11 is 4.05. The van der Waals surface area contributed by atoms with Crippen LogP contribution in [0, 0.1) is 6.92 Å². The summed E-state index contributed by atoms with van der Waals surface area (Å²) in [5, 5.41) is 0. The van der Waals surface area contributed by atoms with Crippen LogP contribution < -0.4 is 5.73 Å². The van der Waals surface area contributed by atoms with Crippen LogP contribution in [0.2, 0.25) is 0 Å². The van der Waals surface area contributed by atoms with Gasteiger partial charge in [0.15, 0.2) is 0 Å². The van der Waals surface area contributed by atoms with Crippen LogP contribution in [0.5, 0.6) is 0 Å². The number of hydrogen-bond donors (Lipinski definition) is 2. The van der Waals surface area contributed by atoms with E-state index in [9.17, 15) is 0 Å². The van der Waals surface area contributed by atoms with Crippen molar-refractivity contribution < 1.29 is 4.42 Å². The third-order valence-electron chi connectivity index (χ3n) is 1.32. The predicted molar refractivity (Wildman–Crippen MR) is 44.2 cm³/mol. The van der Waals surface area contributed by atoms with Crippen molar-refractivity contribution in [2.75, 3.05) is 5.75 Å². The Bertz CT molecular complexity index is 209. The Hall–Kier alpha value is -0.410. The van der Waals surface area contributed by atoms with Crippen molar-refractivity contribution >= 4 is 12.6 Å². The molecule has 10 heavy (non-hydrogen) atoms. The molecule has 1 unspecified atom stereocenters. The first-order chi connectivity index (χ1) is 4.74. The third-order valence-corrected chi connectivity index (χ3v) is 1.72. The molecule has 0 spiro atoms. The molecule has 3 heteroatoms. The van der Waals surface area contributed by atoms with Crippen LogP contribution >= 0.6 is 12.6 Å².